The van der Waals surface area contributed by atoms with Crippen molar-refractivity contribution in [3.8, 4) is 11.5 Å². The third-order valence-electron chi connectivity index (χ3n) is 5.74. The molecule has 3 aromatic rings. The lowest BCUT2D eigenvalue weighted by Gasteiger charge is -2.15. The van der Waals surface area contributed by atoms with E-state index in [1.807, 2.05) is 24.3 Å². The first-order valence-electron chi connectivity index (χ1n) is 13.1. The van der Waals surface area contributed by atoms with Gasteiger partial charge < -0.3 is 24.0 Å². The molecule has 224 valence electrons. The Morgan fingerprint density at radius 2 is 1.65 bits per heavy atom. The topological polar surface area (TPSA) is 108 Å². The Bertz CT molecular complexity index is 1530. The zero-order valence-electron chi connectivity index (χ0n) is 23.5. The predicted molar refractivity (Wildman–Crippen MR) is 156 cm³/mol. The molecule has 0 aliphatic carbocycles. The Morgan fingerprint density at radius 1 is 0.953 bits per heavy atom. The van der Waals surface area contributed by atoms with Crippen molar-refractivity contribution in [2.24, 2.45) is 25.7 Å². The summed E-state index contributed by atoms with van der Waals surface area (Å²) in [4.78, 5) is 15.5. The molecule has 0 N–H and O–H groups in total. The molecule has 10 nitrogen and oxygen atoms in total. The summed E-state index contributed by atoms with van der Waals surface area (Å²) in [7, 11) is 1.42. The molecule has 0 bridgehead atoms. The van der Waals surface area contributed by atoms with E-state index in [1.54, 1.807) is 44.3 Å². The summed E-state index contributed by atoms with van der Waals surface area (Å²) in [5.74, 6) is 0.879. The second-order valence-electron chi connectivity index (χ2n) is 8.72. The first kappa shape index (κ1) is 30.8. The van der Waals surface area contributed by atoms with Crippen LogP contribution in [-0.4, -0.2) is 56.2 Å². The van der Waals surface area contributed by atoms with Crippen molar-refractivity contribution in [2.75, 3.05) is 26.9 Å². The molecule has 0 aromatic heterocycles. The maximum atomic E-state index is 12.8. The zero-order valence-corrected chi connectivity index (χ0v) is 23.5. The summed E-state index contributed by atoms with van der Waals surface area (Å²) >= 11 is 0. The highest BCUT2D eigenvalue weighted by atomic mass is 19.4. The highest BCUT2D eigenvalue weighted by Gasteiger charge is 2.30. The van der Waals surface area contributed by atoms with Crippen LogP contribution in [0.5, 0.6) is 11.5 Å². The van der Waals surface area contributed by atoms with Crippen molar-refractivity contribution >= 4 is 29.2 Å². The number of hydrogen-bond acceptors (Lipinski definition) is 10. The van der Waals surface area contributed by atoms with Crippen LogP contribution in [0, 0.1) is 0 Å². The van der Waals surface area contributed by atoms with Gasteiger partial charge >= 0.3 is 6.18 Å². The van der Waals surface area contributed by atoms with E-state index in [4.69, 9.17) is 24.0 Å². The Balaban J connectivity index is 1.53. The van der Waals surface area contributed by atoms with E-state index < -0.39 is 11.7 Å². The van der Waals surface area contributed by atoms with Crippen LogP contribution in [0.4, 0.5) is 13.2 Å². The monoisotopic (exact) mass is 595 g/mol. The maximum Gasteiger partial charge on any atom is 0.416 e. The van der Waals surface area contributed by atoms with Crippen molar-refractivity contribution in [2.45, 2.75) is 20.0 Å². The van der Waals surface area contributed by atoms with Crippen LogP contribution >= 0.6 is 0 Å². The van der Waals surface area contributed by atoms with Gasteiger partial charge in [-0.15, -0.1) is 0 Å². The minimum absolute atomic E-state index is 0.186. The third-order valence-corrected chi connectivity index (χ3v) is 5.74. The fourth-order valence-electron chi connectivity index (χ4n) is 3.75. The minimum atomic E-state index is -4.42. The molecule has 3 aromatic carbocycles. The first-order chi connectivity index (χ1) is 20.8. The van der Waals surface area contributed by atoms with Gasteiger partial charge in [-0.25, -0.2) is 0 Å². The van der Waals surface area contributed by atoms with Crippen LogP contribution in [0.3, 0.4) is 0 Å². The zero-order chi connectivity index (χ0) is 30.7. The van der Waals surface area contributed by atoms with Crippen molar-refractivity contribution in [3.05, 3.63) is 95.1 Å². The van der Waals surface area contributed by atoms with Crippen LogP contribution < -0.4 is 4.74 Å². The number of benzene rings is 3. The van der Waals surface area contributed by atoms with Crippen molar-refractivity contribution in [3.63, 3.8) is 0 Å². The number of oxime groups is 3. The molecule has 1 aliphatic heterocycles. The van der Waals surface area contributed by atoms with Gasteiger partial charge in [0, 0.05) is 16.7 Å². The third kappa shape index (κ3) is 8.41. The molecule has 43 heavy (non-hydrogen) atoms. The molecule has 0 fully saturated rings. The average molecular weight is 596 g/mol. The van der Waals surface area contributed by atoms with Crippen LogP contribution in [0.25, 0.3) is 0 Å². The second kappa shape index (κ2) is 14.6. The number of halogens is 3. The van der Waals surface area contributed by atoms with Gasteiger partial charge in [0.15, 0.2) is 12.3 Å². The summed E-state index contributed by atoms with van der Waals surface area (Å²) in [6.45, 7) is 4.52. The molecular weight excluding hydrogens is 567 g/mol. The Morgan fingerprint density at radius 3 is 2.28 bits per heavy atom. The minimum Gasteiger partial charge on any atom is -0.470 e. The lowest BCUT2D eigenvalue weighted by Crippen LogP contribution is -2.26. The lowest BCUT2D eigenvalue weighted by molar-refractivity contribution is -0.137. The van der Waals surface area contributed by atoms with Gasteiger partial charge in [-0.2, -0.15) is 23.4 Å². The average Bonchev–Trinajstić information content (AvgIpc) is 3.01. The summed E-state index contributed by atoms with van der Waals surface area (Å²) in [6, 6.07) is 18.5. The molecule has 1 aliphatic rings. The van der Waals surface area contributed by atoms with Gasteiger partial charge in [-0.3, -0.25) is 0 Å². The van der Waals surface area contributed by atoms with Gasteiger partial charge in [0.25, 0.3) is 5.90 Å². The number of hydrogen-bond donors (Lipinski definition) is 0. The molecule has 0 atom stereocenters. The van der Waals surface area contributed by atoms with Crippen LogP contribution in [0.2, 0.25) is 0 Å². The highest BCUT2D eigenvalue weighted by molar-refractivity contribution is 6.47. The Labute approximate surface area is 245 Å². The Kier molecular flexibility index (Phi) is 10.5. The van der Waals surface area contributed by atoms with E-state index in [2.05, 4.69) is 25.7 Å². The smallest absolute Gasteiger partial charge is 0.416 e. The Hall–Kier alpha value is -5.20. The van der Waals surface area contributed by atoms with Gasteiger partial charge in [0.2, 0.25) is 0 Å². The van der Waals surface area contributed by atoms with Crippen LogP contribution in [0.1, 0.15) is 36.1 Å². The van der Waals surface area contributed by atoms with Crippen molar-refractivity contribution < 1.29 is 37.2 Å². The van der Waals surface area contributed by atoms with E-state index in [0.717, 1.165) is 12.1 Å². The molecule has 0 unspecified atom stereocenters. The number of nitrogens with zero attached hydrogens (tertiary/aromatic N) is 5. The summed E-state index contributed by atoms with van der Waals surface area (Å²) in [5.41, 5.74) is 2.43. The SMILES string of the molecule is CCON=C(C(C)=NN=Cc1ccccc1C(=NOC)C1=NOCCO1)c1ccc(Oc2ccc(C(F)(F)F)cc2)cc1. The van der Waals surface area contributed by atoms with Gasteiger partial charge in [0.1, 0.15) is 37.5 Å². The number of ether oxygens (including phenoxy) is 2. The highest BCUT2D eigenvalue weighted by Crippen LogP contribution is 2.31. The molecule has 0 saturated carbocycles. The molecule has 4 rings (SSSR count). The molecule has 0 spiro atoms. The van der Waals surface area contributed by atoms with E-state index in [0.29, 0.717) is 59.4 Å². The van der Waals surface area contributed by atoms with Crippen molar-refractivity contribution in [1.82, 2.24) is 0 Å². The first-order valence-corrected chi connectivity index (χ1v) is 13.1. The molecule has 13 heteroatoms. The molecule has 1 heterocycles. The van der Waals surface area contributed by atoms with Crippen LogP contribution in [-0.2, 0) is 25.4 Å². The molecular formula is C30H28F3N5O5. The standard InChI is InChI=1S/C30H28F3N5O5/c1-4-41-37-27(21-9-13-24(14-10-21)43-25-15-11-23(12-16-25)30(31,32)33)20(2)35-34-19-22-7-5-6-8-26(22)28(36-39-3)29-38-42-18-17-40-29/h5-16,19H,4,17-18H2,1-3H3. The molecule has 0 amide bonds. The van der Waals surface area contributed by atoms with Gasteiger partial charge in [-0.1, -0.05) is 34.6 Å². The van der Waals surface area contributed by atoms with E-state index in [-0.39, 0.29) is 11.6 Å². The number of alkyl halides is 3. The largest absolute Gasteiger partial charge is 0.470 e. The quantitative estimate of drug-likeness (QED) is 0.187. The normalized spacial score (nSPS) is 14.6. The number of rotatable bonds is 11. The van der Waals surface area contributed by atoms with E-state index in [9.17, 15) is 13.2 Å². The van der Waals surface area contributed by atoms with E-state index in [1.165, 1.54) is 19.2 Å². The lowest BCUT2D eigenvalue weighted by atomic mass is 10.0. The van der Waals surface area contributed by atoms with Gasteiger partial charge in [-0.05, 0) is 67.5 Å². The van der Waals surface area contributed by atoms with Crippen molar-refractivity contribution in [1.29, 1.82) is 0 Å². The predicted octanol–water partition coefficient (Wildman–Crippen LogP) is 6.44. The van der Waals surface area contributed by atoms with Gasteiger partial charge in [0.05, 0.1) is 17.5 Å². The van der Waals surface area contributed by atoms with Crippen LogP contribution in [0.15, 0.2) is 98.5 Å². The molecule has 0 radical (unpaired) electrons. The molecule has 0 saturated heterocycles. The summed E-state index contributed by atoms with van der Waals surface area (Å²) in [6.07, 6.45) is -2.87. The maximum absolute atomic E-state index is 12.8. The fourth-order valence-corrected chi connectivity index (χ4v) is 3.75. The summed E-state index contributed by atoms with van der Waals surface area (Å²) < 4.78 is 49.8. The fraction of sp³-hybridized carbons (Fsp3) is 0.233. The second-order valence-corrected chi connectivity index (χ2v) is 8.72. The summed E-state index contributed by atoms with van der Waals surface area (Å²) in [5, 5.41) is 20.8. The van der Waals surface area contributed by atoms with E-state index >= 15 is 0 Å².